The summed E-state index contributed by atoms with van der Waals surface area (Å²) in [5, 5.41) is 2.91. The fourth-order valence-corrected chi connectivity index (χ4v) is 6.04. The van der Waals surface area contributed by atoms with Crippen molar-refractivity contribution in [3.63, 3.8) is 0 Å². The third-order valence-electron chi connectivity index (χ3n) is 6.63. The maximum absolute atomic E-state index is 15.1. The van der Waals surface area contributed by atoms with Gasteiger partial charge in [-0.2, -0.15) is 0 Å². The number of sulfonamides is 1. The Morgan fingerprint density at radius 3 is 1.86 bits per heavy atom. The Balaban J connectivity index is 1.79. The maximum atomic E-state index is 15.1. The van der Waals surface area contributed by atoms with Crippen molar-refractivity contribution >= 4 is 27.5 Å². The molecule has 0 aliphatic rings. The van der Waals surface area contributed by atoms with Crippen LogP contribution in [0.25, 0.3) is 0 Å². The van der Waals surface area contributed by atoms with Gasteiger partial charge in [0.05, 0.1) is 10.6 Å². The number of amides is 2. The van der Waals surface area contributed by atoms with E-state index in [1.807, 2.05) is 74.5 Å². The molecule has 4 rings (SSSR count). The van der Waals surface area contributed by atoms with Gasteiger partial charge in [-0.15, -0.1) is 0 Å². The van der Waals surface area contributed by atoms with Gasteiger partial charge in [0.15, 0.2) is 0 Å². The monoisotopic (exact) mass is 587 g/mol. The van der Waals surface area contributed by atoms with Crippen molar-refractivity contribution in [2.75, 3.05) is 10.8 Å². The molecule has 0 spiro atoms. The number of hydrogen-bond donors (Lipinski definition) is 1. The molecule has 218 valence electrons. The molecule has 0 aliphatic heterocycles. The number of rotatable bonds is 12. The number of benzene rings is 4. The van der Waals surface area contributed by atoms with E-state index >= 15 is 4.39 Å². The number of carbonyl (C=O) groups excluding carboxylic acids is 2. The van der Waals surface area contributed by atoms with E-state index in [0.717, 1.165) is 21.5 Å². The first kappa shape index (κ1) is 30.5. The summed E-state index contributed by atoms with van der Waals surface area (Å²) in [4.78, 5) is 29.2. The molecule has 0 saturated heterocycles. The van der Waals surface area contributed by atoms with Crippen LogP contribution >= 0.6 is 0 Å². The van der Waals surface area contributed by atoms with Crippen molar-refractivity contribution in [2.24, 2.45) is 0 Å². The largest absolute Gasteiger partial charge is 0.352 e. The lowest BCUT2D eigenvalue weighted by Gasteiger charge is -2.34. The fourth-order valence-electron chi connectivity index (χ4n) is 4.60. The molecule has 2 amide bonds. The van der Waals surface area contributed by atoms with Crippen molar-refractivity contribution in [1.82, 2.24) is 10.2 Å². The number of carbonyl (C=O) groups is 2. The zero-order valence-corrected chi connectivity index (χ0v) is 24.4. The summed E-state index contributed by atoms with van der Waals surface area (Å²) in [6.45, 7) is 2.98. The molecule has 0 heterocycles. The first-order chi connectivity index (χ1) is 20.2. The fraction of sp³-hybridized carbons (Fsp3) is 0.212. The van der Waals surface area contributed by atoms with Crippen LogP contribution < -0.4 is 9.62 Å². The average molecular weight is 588 g/mol. The van der Waals surface area contributed by atoms with Crippen LogP contribution in [0.2, 0.25) is 0 Å². The summed E-state index contributed by atoms with van der Waals surface area (Å²) >= 11 is 0. The first-order valence-electron chi connectivity index (χ1n) is 13.7. The molecule has 42 heavy (non-hydrogen) atoms. The zero-order chi connectivity index (χ0) is 30.1. The molecule has 0 bridgehead atoms. The highest BCUT2D eigenvalue weighted by Gasteiger charge is 2.35. The van der Waals surface area contributed by atoms with Crippen LogP contribution in [0.15, 0.2) is 120 Å². The van der Waals surface area contributed by atoms with Crippen molar-refractivity contribution in [1.29, 1.82) is 0 Å². The highest BCUT2D eigenvalue weighted by atomic mass is 32.2. The summed E-state index contributed by atoms with van der Waals surface area (Å²) in [6.07, 6.45) is 0.198. The molecule has 4 aromatic rings. The van der Waals surface area contributed by atoms with Crippen LogP contribution in [0.5, 0.6) is 0 Å². The highest BCUT2D eigenvalue weighted by molar-refractivity contribution is 7.92. The lowest BCUT2D eigenvalue weighted by Crippen LogP contribution is -2.54. The Labute approximate surface area is 246 Å². The molecule has 0 fully saturated rings. The molecule has 0 unspecified atom stereocenters. The van der Waals surface area contributed by atoms with Gasteiger partial charge in [0.1, 0.15) is 18.4 Å². The number of nitrogens with one attached hydrogen (secondary N) is 1. The number of hydrogen-bond acceptors (Lipinski definition) is 4. The van der Waals surface area contributed by atoms with Crippen molar-refractivity contribution in [2.45, 2.75) is 43.8 Å². The second-order valence-electron chi connectivity index (χ2n) is 10.2. The molecule has 1 N–H and O–H groups in total. The van der Waals surface area contributed by atoms with Gasteiger partial charge < -0.3 is 10.2 Å². The second-order valence-corrected chi connectivity index (χ2v) is 12.0. The van der Waals surface area contributed by atoms with E-state index in [1.54, 1.807) is 18.2 Å². The molecule has 0 aliphatic carbocycles. The van der Waals surface area contributed by atoms with Gasteiger partial charge in [-0.1, -0.05) is 91.0 Å². The third kappa shape index (κ3) is 7.61. The highest BCUT2D eigenvalue weighted by Crippen LogP contribution is 2.27. The molecular weight excluding hydrogens is 553 g/mol. The minimum absolute atomic E-state index is 0.0409. The summed E-state index contributed by atoms with van der Waals surface area (Å²) < 4.78 is 43.6. The molecule has 0 saturated carbocycles. The minimum atomic E-state index is -4.36. The molecule has 0 radical (unpaired) electrons. The van der Waals surface area contributed by atoms with E-state index in [4.69, 9.17) is 0 Å². The second kappa shape index (κ2) is 13.9. The van der Waals surface area contributed by atoms with Gasteiger partial charge in [-0.25, -0.2) is 12.8 Å². The predicted molar refractivity (Wildman–Crippen MR) is 162 cm³/mol. The van der Waals surface area contributed by atoms with Crippen LogP contribution in [0.3, 0.4) is 0 Å². The van der Waals surface area contributed by atoms with Crippen LogP contribution in [-0.4, -0.2) is 43.8 Å². The summed E-state index contributed by atoms with van der Waals surface area (Å²) in [5.41, 5.74) is 1.32. The van der Waals surface area contributed by atoms with E-state index in [1.165, 1.54) is 35.2 Å². The quantitative estimate of drug-likeness (QED) is 0.247. The van der Waals surface area contributed by atoms with E-state index in [9.17, 15) is 18.0 Å². The molecule has 4 aromatic carbocycles. The zero-order valence-electron chi connectivity index (χ0n) is 23.6. The van der Waals surface area contributed by atoms with Crippen molar-refractivity contribution in [3.05, 3.63) is 132 Å². The average Bonchev–Trinajstić information content (AvgIpc) is 2.99. The minimum Gasteiger partial charge on any atom is -0.352 e. The SMILES string of the molecule is CC(C)NC(=O)[C@@H](Cc1ccccc1)N(Cc1ccccc1)C(=O)CN(c1ccccc1F)S(=O)(=O)c1ccccc1. The van der Waals surface area contributed by atoms with Gasteiger partial charge in [-0.3, -0.25) is 13.9 Å². The predicted octanol–water partition coefficient (Wildman–Crippen LogP) is 5.19. The van der Waals surface area contributed by atoms with E-state index in [0.29, 0.717) is 0 Å². The van der Waals surface area contributed by atoms with Gasteiger partial charge in [-0.05, 0) is 49.2 Å². The standard InChI is InChI=1S/C33H34FN3O4S/c1-25(2)35-33(39)31(22-26-14-6-3-7-15-26)36(23-27-16-8-4-9-17-27)32(38)24-37(30-21-13-12-20-29(30)34)42(40,41)28-18-10-5-11-19-28/h3-21,25,31H,22-24H2,1-2H3,(H,35,39)/t31-/m1/s1. The molecular formula is C33H34FN3O4S. The topological polar surface area (TPSA) is 86.8 Å². The van der Waals surface area contributed by atoms with E-state index < -0.39 is 34.3 Å². The molecule has 1 atom stereocenters. The first-order valence-corrected chi connectivity index (χ1v) is 15.1. The van der Waals surface area contributed by atoms with Crippen LogP contribution in [-0.2, 0) is 32.6 Å². The number of anilines is 1. The summed E-state index contributed by atoms with van der Waals surface area (Å²) in [5.74, 6) is -1.82. The number of para-hydroxylation sites is 1. The van der Waals surface area contributed by atoms with Crippen molar-refractivity contribution < 1.29 is 22.4 Å². The third-order valence-corrected chi connectivity index (χ3v) is 8.40. The van der Waals surface area contributed by atoms with Gasteiger partial charge in [0, 0.05) is 19.0 Å². The smallest absolute Gasteiger partial charge is 0.264 e. The molecule has 0 aromatic heterocycles. The Hall–Kier alpha value is -4.50. The van der Waals surface area contributed by atoms with Crippen molar-refractivity contribution in [3.8, 4) is 0 Å². The van der Waals surface area contributed by atoms with E-state index in [2.05, 4.69) is 5.32 Å². The lowest BCUT2D eigenvalue weighted by atomic mass is 10.0. The van der Waals surface area contributed by atoms with Crippen LogP contribution in [0.4, 0.5) is 10.1 Å². The van der Waals surface area contributed by atoms with Crippen LogP contribution in [0.1, 0.15) is 25.0 Å². The van der Waals surface area contributed by atoms with Gasteiger partial charge in [0.25, 0.3) is 10.0 Å². The summed E-state index contributed by atoms with van der Waals surface area (Å²) in [7, 11) is -4.36. The number of nitrogens with zero attached hydrogens (tertiary/aromatic N) is 2. The Morgan fingerprint density at radius 1 is 0.762 bits per heavy atom. The molecule has 7 nitrogen and oxygen atoms in total. The number of halogens is 1. The van der Waals surface area contributed by atoms with E-state index in [-0.39, 0.29) is 35.5 Å². The molecule has 9 heteroatoms. The Morgan fingerprint density at radius 2 is 1.29 bits per heavy atom. The van der Waals surface area contributed by atoms with Gasteiger partial charge in [0.2, 0.25) is 11.8 Å². The summed E-state index contributed by atoms with van der Waals surface area (Å²) in [6, 6.07) is 30.3. The van der Waals surface area contributed by atoms with Gasteiger partial charge >= 0.3 is 0 Å². The Kier molecular flexibility index (Phi) is 10.1. The Bertz CT molecular complexity index is 1580. The lowest BCUT2D eigenvalue weighted by molar-refractivity contribution is -0.140. The van der Waals surface area contributed by atoms with Crippen LogP contribution in [0, 0.1) is 5.82 Å². The maximum Gasteiger partial charge on any atom is 0.264 e. The normalized spacial score (nSPS) is 12.0.